The minimum atomic E-state index is -0.161. The van der Waals surface area contributed by atoms with Crippen LogP contribution in [0, 0.1) is 0 Å². The molecular formula is C21H19Cl2NO3. The molecule has 1 fully saturated rings. The fourth-order valence-electron chi connectivity index (χ4n) is 2.83. The van der Waals surface area contributed by atoms with Gasteiger partial charge in [0.15, 0.2) is 12.4 Å². The number of ether oxygens (including phenoxy) is 1. The van der Waals surface area contributed by atoms with E-state index in [-0.39, 0.29) is 18.3 Å². The quantitative estimate of drug-likeness (QED) is 0.509. The number of allylic oxidation sites excluding steroid dienone is 1. The van der Waals surface area contributed by atoms with Crippen molar-refractivity contribution in [2.75, 3.05) is 19.7 Å². The maximum absolute atomic E-state index is 12.3. The largest absolute Gasteiger partial charge is 0.484 e. The van der Waals surface area contributed by atoms with E-state index >= 15 is 0 Å². The van der Waals surface area contributed by atoms with E-state index in [0.717, 1.165) is 25.9 Å². The van der Waals surface area contributed by atoms with Gasteiger partial charge in [0.2, 0.25) is 0 Å². The summed E-state index contributed by atoms with van der Waals surface area (Å²) in [7, 11) is 0. The Balaban J connectivity index is 1.57. The Morgan fingerprint density at radius 3 is 2.44 bits per heavy atom. The van der Waals surface area contributed by atoms with Gasteiger partial charge in [0.25, 0.3) is 5.91 Å². The highest BCUT2D eigenvalue weighted by molar-refractivity contribution is 6.42. The van der Waals surface area contributed by atoms with Crippen LogP contribution < -0.4 is 4.74 Å². The highest BCUT2D eigenvalue weighted by Crippen LogP contribution is 2.26. The number of nitrogens with zero attached hydrogens (tertiary/aromatic N) is 1. The summed E-state index contributed by atoms with van der Waals surface area (Å²) in [5.74, 6) is 0.390. The van der Waals surface area contributed by atoms with Gasteiger partial charge in [0.05, 0.1) is 10.0 Å². The minimum Gasteiger partial charge on any atom is -0.484 e. The van der Waals surface area contributed by atoms with Gasteiger partial charge in [-0.25, -0.2) is 0 Å². The number of halogens is 2. The average molecular weight is 404 g/mol. The molecular weight excluding hydrogens is 385 g/mol. The van der Waals surface area contributed by atoms with Crippen molar-refractivity contribution in [3.8, 4) is 5.75 Å². The predicted octanol–water partition coefficient (Wildman–Crippen LogP) is 4.89. The Morgan fingerprint density at radius 1 is 1.04 bits per heavy atom. The topological polar surface area (TPSA) is 46.6 Å². The van der Waals surface area contributed by atoms with Crippen LogP contribution in [0.4, 0.5) is 0 Å². The average Bonchev–Trinajstić information content (AvgIpc) is 3.22. The first-order valence-corrected chi connectivity index (χ1v) is 9.47. The summed E-state index contributed by atoms with van der Waals surface area (Å²) in [6, 6.07) is 12.0. The molecule has 0 atom stereocenters. The normalized spacial score (nSPS) is 13.9. The number of amides is 1. The predicted molar refractivity (Wildman–Crippen MR) is 108 cm³/mol. The van der Waals surface area contributed by atoms with E-state index in [0.29, 0.717) is 26.9 Å². The van der Waals surface area contributed by atoms with Gasteiger partial charge in [-0.15, -0.1) is 0 Å². The standard InChI is InChI=1S/C21H19Cl2NO3/c22-18-5-3-4-16(21(18)23)8-11-19(25)15-6-9-17(10-7-15)27-14-20(26)24-12-1-2-13-24/h3-11H,1-2,12-14H2/b11-8+. The van der Waals surface area contributed by atoms with Crippen LogP contribution in [0.1, 0.15) is 28.8 Å². The number of hydrogen-bond acceptors (Lipinski definition) is 3. The number of likely N-dealkylation sites (tertiary alicyclic amines) is 1. The Hall–Kier alpha value is -2.30. The van der Waals surface area contributed by atoms with Gasteiger partial charge in [-0.3, -0.25) is 9.59 Å². The third kappa shape index (κ3) is 5.12. The van der Waals surface area contributed by atoms with Crippen molar-refractivity contribution in [1.29, 1.82) is 0 Å². The second-order valence-corrected chi connectivity index (χ2v) is 7.03. The van der Waals surface area contributed by atoms with Crippen molar-refractivity contribution in [3.63, 3.8) is 0 Å². The second-order valence-electron chi connectivity index (χ2n) is 6.24. The molecule has 1 heterocycles. The zero-order valence-electron chi connectivity index (χ0n) is 14.7. The first-order valence-electron chi connectivity index (χ1n) is 8.71. The zero-order chi connectivity index (χ0) is 19.2. The summed E-state index contributed by atoms with van der Waals surface area (Å²) in [6.45, 7) is 1.62. The number of carbonyl (C=O) groups excluding carboxylic acids is 2. The van der Waals surface area contributed by atoms with E-state index in [1.165, 1.54) is 6.08 Å². The zero-order valence-corrected chi connectivity index (χ0v) is 16.2. The molecule has 6 heteroatoms. The van der Waals surface area contributed by atoms with Crippen LogP contribution in [-0.2, 0) is 4.79 Å². The highest BCUT2D eigenvalue weighted by atomic mass is 35.5. The molecule has 0 unspecified atom stereocenters. The third-order valence-corrected chi connectivity index (χ3v) is 5.19. The van der Waals surface area contributed by atoms with E-state index in [1.54, 1.807) is 48.5 Å². The first kappa shape index (κ1) is 19.5. The van der Waals surface area contributed by atoms with Crippen LogP contribution in [0.2, 0.25) is 10.0 Å². The van der Waals surface area contributed by atoms with Crippen molar-refractivity contribution in [1.82, 2.24) is 4.90 Å². The van der Waals surface area contributed by atoms with Gasteiger partial charge in [-0.2, -0.15) is 0 Å². The Kier molecular flexibility index (Phi) is 6.54. The first-order chi connectivity index (χ1) is 13.0. The molecule has 0 spiro atoms. The highest BCUT2D eigenvalue weighted by Gasteiger charge is 2.18. The molecule has 1 aliphatic heterocycles. The van der Waals surface area contributed by atoms with Crippen molar-refractivity contribution < 1.29 is 14.3 Å². The molecule has 1 saturated heterocycles. The van der Waals surface area contributed by atoms with Crippen LogP contribution in [-0.4, -0.2) is 36.3 Å². The Morgan fingerprint density at radius 2 is 1.74 bits per heavy atom. The van der Waals surface area contributed by atoms with Crippen molar-refractivity contribution in [2.45, 2.75) is 12.8 Å². The van der Waals surface area contributed by atoms with Crippen LogP contribution >= 0.6 is 23.2 Å². The molecule has 27 heavy (non-hydrogen) atoms. The lowest BCUT2D eigenvalue weighted by Gasteiger charge is -2.15. The lowest BCUT2D eigenvalue weighted by atomic mass is 10.1. The van der Waals surface area contributed by atoms with Gasteiger partial charge < -0.3 is 9.64 Å². The van der Waals surface area contributed by atoms with Gasteiger partial charge >= 0.3 is 0 Å². The maximum atomic E-state index is 12.3. The van der Waals surface area contributed by atoms with Crippen molar-refractivity contribution in [3.05, 3.63) is 69.7 Å². The number of carbonyl (C=O) groups is 2. The van der Waals surface area contributed by atoms with Crippen LogP contribution in [0.25, 0.3) is 6.08 Å². The van der Waals surface area contributed by atoms with Crippen molar-refractivity contribution in [2.24, 2.45) is 0 Å². The second kappa shape index (κ2) is 9.07. The number of benzene rings is 2. The maximum Gasteiger partial charge on any atom is 0.260 e. The number of hydrogen-bond donors (Lipinski definition) is 0. The van der Waals surface area contributed by atoms with Crippen molar-refractivity contribution >= 4 is 41.0 Å². The molecule has 2 aromatic rings. The summed E-state index contributed by atoms with van der Waals surface area (Å²) in [4.78, 5) is 26.1. The molecule has 2 aromatic carbocycles. The molecule has 0 aromatic heterocycles. The molecule has 0 N–H and O–H groups in total. The van der Waals surface area contributed by atoms with E-state index in [4.69, 9.17) is 27.9 Å². The molecule has 1 aliphatic rings. The van der Waals surface area contributed by atoms with E-state index in [2.05, 4.69) is 0 Å². The smallest absolute Gasteiger partial charge is 0.260 e. The fraction of sp³-hybridized carbons (Fsp3) is 0.238. The summed E-state index contributed by atoms with van der Waals surface area (Å²) in [5, 5.41) is 0.853. The molecule has 0 radical (unpaired) electrons. The van der Waals surface area contributed by atoms with Gasteiger partial charge in [0, 0.05) is 18.7 Å². The summed E-state index contributed by atoms with van der Waals surface area (Å²) in [5.41, 5.74) is 1.19. The summed E-state index contributed by atoms with van der Waals surface area (Å²) >= 11 is 12.1. The van der Waals surface area contributed by atoms with Crippen LogP contribution in [0.5, 0.6) is 5.75 Å². The molecule has 0 saturated carbocycles. The fourth-order valence-corrected chi connectivity index (χ4v) is 3.20. The number of rotatable bonds is 6. The molecule has 0 aliphatic carbocycles. The van der Waals surface area contributed by atoms with Crippen LogP contribution in [0.15, 0.2) is 48.5 Å². The summed E-state index contributed by atoms with van der Waals surface area (Å²) in [6.07, 6.45) is 5.19. The SMILES string of the molecule is O=C(/C=C/c1cccc(Cl)c1Cl)c1ccc(OCC(=O)N2CCCC2)cc1. The summed E-state index contributed by atoms with van der Waals surface area (Å²) < 4.78 is 5.52. The lowest BCUT2D eigenvalue weighted by molar-refractivity contribution is -0.132. The molecule has 4 nitrogen and oxygen atoms in total. The third-order valence-electron chi connectivity index (χ3n) is 4.36. The van der Waals surface area contributed by atoms with Crippen LogP contribution in [0.3, 0.4) is 0 Å². The van der Waals surface area contributed by atoms with E-state index in [1.807, 2.05) is 4.90 Å². The molecule has 0 bridgehead atoms. The van der Waals surface area contributed by atoms with E-state index in [9.17, 15) is 9.59 Å². The molecule has 1 amide bonds. The molecule has 140 valence electrons. The van der Waals surface area contributed by atoms with Gasteiger partial charge in [-0.05, 0) is 60.9 Å². The van der Waals surface area contributed by atoms with Gasteiger partial charge in [-0.1, -0.05) is 35.3 Å². The number of ketones is 1. The van der Waals surface area contributed by atoms with Gasteiger partial charge in [0.1, 0.15) is 5.75 Å². The Bertz CT molecular complexity index is 856. The minimum absolute atomic E-state index is 0.00557. The molecule has 3 rings (SSSR count). The Labute approximate surface area is 168 Å². The monoisotopic (exact) mass is 403 g/mol. The van der Waals surface area contributed by atoms with E-state index < -0.39 is 0 Å². The lowest BCUT2D eigenvalue weighted by Crippen LogP contribution is -2.32.